The molecular formula is C6H3F3N6O2. The molecule has 2 heterocycles. The third-order valence-corrected chi connectivity index (χ3v) is 1.60. The second kappa shape index (κ2) is 3.54. The smallest absolute Gasteiger partial charge is 0.368 e. The van der Waals surface area contributed by atoms with Gasteiger partial charge >= 0.3 is 12.1 Å². The molecule has 0 fully saturated rings. The maximum atomic E-state index is 11.9. The normalized spacial score (nSPS) is 11.7. The highest BCUT2D eigenvalue weighted by molar-refractivity contribution is 5.77. The molecule has 0 saturated carbocycles. The summed E-state index contributed by atoms with van der Waals surface area (Å²) in [4.78, 5) is 21.8. The Balaban J connectivity index is 2.35. The predicted molar refractivity (Wildman–Crippen MR) is 45.2 cm³/mol. The predicted octanol–water partition coefficient (Wildman–Crippen LogP) is -0.679. The van der Waals surface area contributed by atoms with Crippen LogP contribution in [-0.4, -0.2) is 37.3 Å². The quantitative estimate of drug-likeness (QED) is 0.666. The minimum Gasteiger partial charge on any atom is -0.368 e. The van der Waals surface area contributed by atoms with E-state index in [9.17, 15) is 18.0 Å². The molecule has 0 aliphatic carbocycles. The van der Waals surface area contributed by atoms with E-state index in [4.69, 9.17) is 5.73 Å². The molecule has 90 valence electrons. The monoisotopic (exact) mass is 248 g/mol. The van der Waals surface area contributed by atoms with E-state index in [1.165, 1.54) is 0 Å². The van der Waals surface area contributed by atoms with Crippen LogP contribution >= 0.6 is 0 Å². The Hall–Kier alpha value is -2.46. The molecule has 0 radical (unpaired) electrons. The highest BCUT2D eigenvalue weighted by Gasteiger charge is 2.42. The molecule has 0 saturated heterocycles. The molecule has 2 aromatic heterocycles. The van der Waals surface area contributed by atoms with E-state index in [1.807, 2.05) is 0 Å². The number of halogens is 3. The lowest BCUT2D eigenvalue weighted by atomic mass is 10.6. The van der Waals surface area contributed by atoms with Gasteiger partial charge < -0.3 is 10.6 Å². The van der Waals surface area contributed by atoms with Crippen molar-refractivity contribution < 1.29 is 22.8 Å². The molecule has 2 rings (SSSR count). The standard InChI is InChI=1S/C6H3F3N6O2/c7-6(8,9)4(16)17-15-2-1-11-5(10)12-3(2)13-14-15/h1H,(H2,10,11,12). The molecule has 2 N–H and O–H groups in total. The van der Waals surface area contributed by atoms with Crippen molar-refractivity contribution in [1.82, 2.24) is 25.1 Å². The molecule has 0 aromatic carbocycles. The summed E-state index contributed by atoms with van der Waals surface area (Å²) in [6, 6.07) is 0. The van der Waals surface area contributed by atoms with Gasteiger partial charge in [-0.05, 0) is 5.21 Å². The topological polar surface area (TPSA) is 109 Å². The second-order valence-corrected chi connectivity index (χ2v) is 2.78. The number of nitrogens with zero attached hydrogens (tertiary/aromatic N) is 5. The Bertz CT molecular complexity index is 579. The van der Waals surface area contributed by atoms with Gasteiger partial charge in [0.15, 0.2) is 5.52 Å². The van der Waals surface area contributed by atoms with E-state index >= 15 is 0 Å². The van der Waals surface area contributed by atoms with Crippen molar-refractivity contribution in [2.24, 2.45) is 0 Å². The molecular weight excluding hydrogens is 245 g/mol. The van der Waals surface area contributed by atoms with Gasteiger partial charge in [0, 0.05) is 0 Å². The average Bonchev–Trinajstić information content (AvgIpc) is 2.59. The van der Waals surface area contributed by atoms with E-state index < -0.39 is 12.1 Å². The number of aromatic nitrogens is 5. The zero-order chi connectivity index (χ0) is 12.6. The van der Waals surface area contributed by atoms with Crippen LogP contribution in [0.1, 0.15) is 0 Å². The summed E-state index contributed by atoms with van der Waals surface area (Å²) in [6.45, 7) is 0. The number of fused-ring (bicyclic) bond motifs is 1. The van der Waals surface area contributed by atoms with Gasteiger partial charge in [-0.1, -0.05) is 4.85 Å². The fraction of sp³-hybridized carbons (Fsp3) is 0.167. The molecule has 0 spiro atoms. The van der Waals surface area contributed by atoms with Gasteiger partial charge in [-0.25, -0.2) is 9.78 Å². The lowest BCUT2D eigenvalue weighted by molar-refractivity contribution is -0.201. The van der Waals surface area contributed by atoms with Crippen LogP contribution in [0.25, 0.3) is 11.2 Å². The number of hydrogen-bond donors (Lipinski definition) is 1. The first-order valence-corrected chi connectivity index (χ1v) is 4.01. The van der Waals surface area contributed by atoms with Crippen molar-refractivity contribution in [1.29, 1.82) is 0 Å². The zero-order valence-electron chi connectivity index (χ0n) is 7.84. The van der Waals surface area contributed by atoms with Gasteiger partial charge in [0.2, 0.25) is 11.6 Å². The third-order valence-electron chi connectivity index (χ3n) is 1.60. The Morgan fingerprint density at radius 2 is 2.18 bits per heavy atom. The summed E-state index contributed by atoms with van der Waals surface area (Å²) >= 11 is 0. The van der Waals surface area contributed by atoms with Crippen LogP contribution in [-0.2, 0) is 4.79 Å². The van der Waals surface area contributed by atoms with Crippen molar-refractivity contribution in [3.05, 3.63) is 6.20 Å². The fourth-order valence-corrected chi connectivity index (χ4v) is 0.917. The van der Waals surface area contributed by atoms with Crippen molar-refractivity contribution in [2.45, 2.75) is 6.18 Å². The van der Waals surface area contributed by atoms with Crippen molar-refractivity contribution in [2.75, 3.05) is 5.73 Å². The summed E-state index contributed by atoms with van der Waals surface area (Å²) in [7, 11) is 0. The van der Waals surface area contributed by atoms with Crippen LogP contribution in [0.4, 0.5) is 19.1 Å². The summed E-state index contributed by atoms with van der Waals surface area (Å²) < 4.78 is 35.8. The van der Waals surface area contributed by atoms with Crippen LogP contribution in [0, 0.1) is 0 Å². The number of alkyl halides is 3. The minimum absolute atomic E-state index is 0.0903. The highest BCUT2D eigenvalue weighted by atomic mass is 19.4. The van der Waals surface area contributed by atoms with Gasteiger partial charge in [0.25, 0.3) is 0 Å². The van der Waals surface area contributed by atoms with E-state index in [0.29, 0.717) is 0 Å². The van der Waals surface area contributed by atoms with Crippen LogP contribution < -0.4 is 10.6 Å². The van der Waals surface area contributed by atoms with Gasteiger partial charge in [0.05, 0.1) is 6.20 Å². The number of rotatable bonds is 1. The lowest BCUT2D eigenvalue weighted by Gasteiger charge is -2.04. The first-order valence-electron chi connectivity index (χ1n) is 4.01. The Morgan fingerprint density at radius 1 is 1.47 bits per heavy atom. The second-order valence-electron chi connectivity index (χ2n) is 2.78. The number of anilines is 1. The van der Waals surface area contributed by atoms with Crippen LogP contribution in [0.2, 0.25) is 0 Å². The number of carbonyl (C=O) groups is 1. The average molecular weight is 248 g/mol. The lowest BCUT2D eigenvalue weighted by Crippen LogP contribution is -2.33. The van der Waals surface area contributed by atoms with Crippen molar-refractivity contribution in [3.63, 3.8) is 0 Å². The fourth-order valence-electron chi connectivity index (χ4n) is 0.917. The molecule has 0 amide bonds. The van der Waals surface area contributed by atoms with Crippen LogP contribution in [0.15, 0.2) is 6.20 Å². The van der Waals surface area contributed by atoms with E-state index in [-0.39, 0.29) is 22.0 Å². The third kappa shape index (κ3) is 2.07. The Morgan fingerprint density at radius 3 is 2.82 bits per heavy atom. The zero-order valence-corrected chi connectivity index (χ0v) is 7.84. The molecule has 0 unspecified atom stereocenters. The first-order chi connectivity index (χ1) is 7.88. The Labute approximate surface area is 90.1 Å². The maximum absolute atomic E-state index is 11.9. The van der Waals surface area contributed by atoms with Gasteiger partial charge in [-0.2, -0.15) is 18.2 Å². The number of hydrogen-bond acceptors (Lipinski definition) is 7. The summed E-state index contributed by atoms with van der Waals surface area (Å²) in [5.41, 5.74) is 5.01. The van der Waals surface area contributed by atoms with Gasteiger partial charge in [-0.3, -0.25) is 0 Å². The Kier molecular flexibility index (Phi) is 2.30. The van der Waals surface area contributed by atoms with Crippen molar-refractivity contribution in [3.8, 4) is 0 Å². The summed E-state index contributed by atoms with van der Waals surface area (Å²) in [6.07, 6.45) is -4.10. The summed E-state index contributed by atoms with van der Waals surface area (Å²) in [5.74, 6) is -2.56. The number of nitrogen functional groups attached to an aromatic ring is 1. The van der Waals surface area contributed by atoms with Crippen molar-refractivity contribution >= 4 is 23.1 Å². The molecule has 0 atom stereocenters. The largest absolute Gasteiger partial charge is 0.493 e. The number of nitrogens with two attached hydrogens (primary N) is 1. The maximum Gasteiger partial charge on any atom is 0.493 e. The molecule has 8 nitrogen and oxygen atoms in total. The van der Waals surface area contributed by atoms with E-state index in [2.05, 4.69) is 25.1 Å². The molecule has 0 aliphatic rings. The summed E-state index contributed by atoms with van der Waals surface area (Å²) in [5, 5.41) is 6.51. The molecule has 17 heavy (non-hydrogen) atoms. The van der Waals surface area contributed by atoms with E-state index in [1.54, 1.807) is 0 Å². The highest BCUT2D eigenvalue weighted by Crippen LogP contribution is 2.15. The van der Waals surface area contributed by atoms with E-state index in [0.717, 1.165) is 6.20 Å². The minimum atomic E-state index is -5.13. The van der Waals surface area contributed by atoms with Crippen LogP contribution in [0.5, 0.6) is 0 Å². The SMILES string of the molecule is Nc1ncc2c(nnn2OC(=O)C(F)(F)F)n1. The van der Waals surface area contributed by atoms with Crippen LogP contribution in [0.3, 0.4) is 0 Å². The molecule has 0 bridgehead atoms. The van der Waals surface area contributed by atoms with Gasteiger partial charge in [0.1, 0.15) is 0 Å². The molecule has 0 aliphatic heterocycles. The molecule has 2 aromatic rings. The number of carbonyl (C=O) groups excluding carboxylic acids is 1. The molecule has 11 heteroatoms. The first kappa shape index (κ1) is 11.0. The van der Waals surface area contributed by atoms with Gasteiger partial charge in [-0.15, -0.1) is 5.10 Å².